The zero-order chi connectivity index (χ0) is 14.8. The molecule has 0 aliphatic heterocycles. The SMILES string of the molecule is CCCCOCCOCc1cc(F)cc(/C(N)=N/O)c1. The molecule has 0 bridgehead atoms. The molecule has 0 aliphatic rings. The van der Waals surface area contributed by atoms with E-state index in [1.54, 1.807) is 6.07 Å². The lowest BCUT2D eigenvalue weighted by atomic mass is 10.1. The Morgan fingerprint density at radius 3 is 2.70 bits per heavy atom. The molecule has 0 heterocycles. The minimum absolute atomic E-state index is 0.131. The highest BCUT2D eigenvalue weighted by atomic mass is 19.1. The average Bonchev–Trinajstić information content (AvgIpc) is 2.45. The molecular formula is C14H21FN2O3. The molecule has 0 saturated heterocycles. The second kappa shape index (κ2) is 9.28. The van der Waals surface area contributed by atoms with Crippen molar-refractivity contribution in [2.24, 2.45) is 10.9 Å². The van der Waals surface area contributed by atoms with Crippen molar-refractivity contribution in [3.63, 3.8) is 0 Å². The Hall–Kier alpha value is -1.66. The van der Waals surface area contributed by atoms with Crippen LogP contribution in [0.2, 0.25) is 0 Å². The topological polar surface area (TPSA) is 77.1 Å². The number of unbranched alkanes of at least 4 members (excludes halogenated alkanes) is 1. The molecule has 6 heteroatoms. The maximum absolute atomic E-state index is 13.4. The highest BCUT2D eigenvalue weighted by Crippen LogP contribution is 2.10. The molecule has 0 unspecified atom stereocenters. The predicted octanol–water partition coefficient (Wildman–Crippen LogP) is 2.25. The van der Waals surface area contributed by atoms with E-state index in [1.807, 2.05) is 0 Å². The Kier molecular flexibility index (Phi) is 7.60. The van der Waals surface area contributed by atoms with E-state index in [-0.39, 0.29) is 12.4 Å². The van der Waals surface area contributed by atoms with Crippen LogP contribution >= 0.6 is 0 Å². The summed E-state index contributed by atoms with van der Waals surface area (Å²) in [5.41, 5.74) is 6.38. The summed E-state index contributed by atoms with van der Waals surface area (Å²) in [5, 5.41) is 11.4. The Bertz CT molecular complexity index is 438. The van der Waals surface area contributed by atoms with E-state index >= 15 is 0 Å². The van der Waals surface area contributed by atoms with Crippen LogP contribution in [-0.4, -0.2) is 30.9 Å². The monoisotopic (exact) mass is 284 g/mol. The molecule has 1 aromatic rings. The first-order valence-electron chi connectivity index (χ1n) is 6.60. The third-order valence-corrected chi connectivity index (χ3v) is 2.64. The van der Waals surface area contributed by atoms with Crippen LogP contribution in [-0.2, 0) is 16.1 Å². The Labute approximate surface area is 118 Å². The largest absolute Gasteiger partial charge is 0.409 e. The number of oxime groups is 1. The van der Waals surface area contributed by atoms with Crippen molar-refractivity contribution in [2.45, 2.75) is 26.4 Å². The Morgan fingerprint density at radius 1 is 1.25 bits per heavy atom. The van der Waals surface area contributed by atoms with Crippen LogP contribution in [0.25, 0.3) is 0 Å². The van der Waals surface area contributed by atoms with E-state index < -0.39 is 5.82 Å². The fraction of sp³-hybridized carbons (Fsp3) is 0.500. The van der Waals surface area contributed by atoms with Crippen LogP contribution in [0.15, 0.2) is 23.4 Å². The van der Waals surface area contributed by atoms with Crippen LogP contribution in [0, 0.1) is 5.82 Å². The lowest BCUT2D eigenvalue weighted by Gasteiger charge is -2.07. The molecule has 5 nitrogen and oxygen atoms in total. The van der Waals surface area contributed by atoms with Gasteiger partial charge in [0.1, 0.15) is 5.82 Å². The summed E-state index contributed by atoms with van der Waals surface area (Å²) in [6.07, 6.45) is 2.13. The zero-order valence-electron chi connectivity index (χ0n) is 11.6. The van der Waals surface area contributed by atoms with Gasteiger partial charge in [0.2, 0.25) is 0 Å². The van der Waals surface area contributed by atoms with Gasteiger partial charge in [0.25, 0.3) is 0 Å². The maximum Gasteiger partial charge on any atom is 0.170 e. The molecule has 0 radical (unpaired) electrons. The second-order valence-corrected chi connectivity index (χ2v) is 4.35. The van der Waals surface area contributed by atoms with Crippen molar-refractivity contribution in [2.75, 3.05) is 19.8 Å². The van der Waals surface area contributed by atoms with E-state index in [0.29, 0.717) is 24.3 Å². The number of hydrogen-bond donors (Lipinski definition) is 2. The molecule has 0 aliphatic carbocycles. The minimum Gasteiger partial charge on any atom is -0.409 e. The molecule has 0 aromatic heterocycles. The van der Waals surface area contributed by atoms with E-state index in [0.717, 1.165) is 19.4 Å². The lowest BCUT2D eigenvalue weighted by Crippen LogP contribution is -2.14. The van der Waals surface area contributed by atoms with Crippen molar-refractivity contribution in [3.05, 3.63) is 35.1 Å². The minimum atomic E-state index is -0.452. The third kappa shape index (κ3) is 5.99. The maximum atomic E-state index is 13.4. The number of benzene rings is 1. The van der Waals surface area contributed by atoms with Gasteiger partial charge < -0.3 is 20.4 Å². The first kappa shape index (κ1) is 16.4. The molecule has 0 saturated carbocycles. The van der Waals surface area contributed by atoms with Crippen molar-refractivity contribution in [1.29, 1.82) is 0 Å². The van der Waals surface area contributed by atoms with Crippen LogP contribution < -0.4 is 5.73 Å². The van der Waals surface area contributed by atoms with E-state index in [2.05, 4.69) is 12.1 Å². The third-order valence-electron chi connectivity index (χ3n) is 2.64. The molecule has 0 atom stereocenters. The Morgan fingerprint density at radius 2 is 2.00 bits per heavy atom. The van der Waals surface area contributed by atoms with E-state index in [1.165, 1.54) is 12.1 Å². The molecule has 3 N–H and O–H groups in total. The van der Waals surface area contributed by atoms with Gasteiger partial charge in [-0.25, -0.2) is 4.39 Å². The summed E-state index contributed by atoms with van der Waals surface area (Å²) in [4.78, 5) is 0. The number of hydrogen-bond acceptors (Lipinski definition) is 4. The molecule has 0 amide bonds. The zero-order valence-corrected chi connectivity index (χ0v) is 11.6. The molecule has 0 fully saturated rings. The van der Waals surface area contributed by atoms with Crippen LogP contribution in [0.3, 0.4) is 0 Å². The van der Waals surface area contributed by atoms with Crippen LogP contribution in [0.1, 0.15) is 30.9 Å². The smallest absolute Gasteiger partial charge is 0.170 e. The summed E-state index contributed by atoms with van der Waals surface area (Å²) >= 11 is 0. The van der Waals surface area contributed by atoms with Gasteiger partial charge in [0.15, 0.2) is 5.84 Å². The van der Waals surface area contributed by atoms with Gasteiger partial charge in [0.05, 0.1) is 19.8 Å². The fourth-order valence-electron chi connectivity index (χ4n) is 1.60. The van der Waals surface area contributed by atoms with Gasteiger partial charge in [0, 0.05) is 12.2 Å². The van der Waals surface area contributed by atoms with Gasteiger partial charge in [-0.3, -0.25) is 0 Å². The number of halogens is 1. The number of nitrogens with two attached hydrogens (primary N) is 1. The summed E-state index contributed by atoms with van der Waals surface area (Å²) in [7, 11) is 0. The highest BCUT2D eigenvalue weighted by molar-refractivity contribution is 5.97. The van der Waals surface area contributed by atoms with Crippen LogP contribution in [0.4, 0.5) is 4.39 Å². The second-order valence-electron chi connectivity index (χ2n) is 4.35. The predicted molar refractivity (Wildman–Crippen MR) is 74.3 cm³/mol. The summed E-state index contributed by atoms with van der Waals surface area (Å²) in [6.45, 7) is 4.04. The highest BCUT2D eigenvalue weighted by Gasteiger charge is 2.05. The lowest BCUT2D eigenvalue weighted by molar-refractivity contribution is 0.0396. The summed E-state index contributed by atoms with van der Waals surface area (Å²) in [5.74, 6) is -0.583. The molecule has 112 valence electrons. The summed E-state index contributed by atoms with van der Waals surface area (Å²) in [6, 6.07) is 4.18. The fourth-order valence-corrected chi connectivity index (χ4v) is 1.60. The van der Waals surface area contributed by atoms with E-state index in [9.17, 15) is 4.39 Å². The average molecular weight is 284 g/mol. The van der Waals surface area contributed by atoms with Gasteiger partial charge in [-0.05, 0) is 30.2 Å². The first-order chi connectivity index (χ1) is 9.67. The number of ether oxygens (including phenoxy) is 2. The first-order valence-corrected chi connectivity index (χ1v) is 6.60. The normalized spacial score (nSPS) is 11.8. The number of nitrogens with zero attached hydrogens (tertiary/aromatic N) is 1. The van der Waals surface area contributed by atoms with E-state index in [4.69, 9.17) is 20.4 Å². The van der Waals surface area contributed by atoms with Gasteiger partial charge in [-0.15, -0.1) is 0 Å². The molecular weight excluding hydrogens is 263 g/mol. The summed E-state index contributed by atoms with van der Waals surface area (Å²) < 4.78 is 24.1. The number of amidine groups is 1. The standard InChI is InChI=1S/C14H21FN2O3/c1-2-3-4-19-5-6-20-10-11-7-12(14(16)17-18)9-13(15)8-11/h7-9,18H,2-6,10H2,1H3,(H2,16,17). The Balaban J connectivity index is 2.38. The molecule has 1 aromatic carbocycles. The van der Waals surface area contributed by atoms with Crippen molar-refractivity contribution in [3.8, 4) is 0 Å². The van der Waals surface area contributed by atoms with Gasteiger partial charge >= 0.3 is 0 Å². The van der Waals surface area contributed by atoms with Crippen molar-refractivity contribution >= 4 is 5.84 Å². The quantitative estimate of drug-likeness (QED) is 0.240. The van der Waals surface area contributed by atoms with Gasteiger partial charge in [-0.2, -0.15) is 0 Å². The molecule has 1 rings (SSSR count). The van der Waals surface area contributed by atoms with Crippen molar-refractivity contribution in [1.82, 2.24) is 0 Å². The van der Waals surface area contributed by atoms with Crippen LogP contribution in [0.5, 0.6) is 0 Å². The molecule has 0 spiro atoms. The van der Waals surface area contributed by atoms with Crippen molar-refractivity contribution < 1.29 is 19.1 Å². The van der Waals surface area contributed by atoms with Gasteiger partial charge in [-0.1, -0.05) is 18.5 Å². The number of rotatable bonds is 9. The molecule has 20 heavy (non-hydrogen) atoms.